The van der Waals surface area contributed by atoms with Gasteiger partial charge in [-0.1, -0.05) is 19.9 Å². The summed E-state index contributed by atoms with van der Waals surface area (Å²) in [4.78, 5) is 20.7. The molecule has 2 aliphatic rings. The summed E-state index contributed by atoms with van der Waals surface area (Å²) in [6.45, 7) is 5.43. The molecule has 0 unspecified atom stereocenters. The molecule has 2 aliphatic heterocycles. The lowest BCUT2D eigenvalue weighted by atomic mass is 9.87. The lowest BCUT2D eigenvalue weighted by Gasteiger charge is -2.37. The Labute approximate surface area is 298 Å². The van der Waals surface area contributed by atoms with Gasteiger partial charge < -0.3 is 19.3 Å². The smallest absolute Gasteiger partial charge is 0.350 e. The van der Waals surface area contributed by atoms with Gasteiger partial charge in [0, 0.05) is 55.1 Å². The molecule has 7 rings (SSSR count). The van der Waals surface area contributed by atoms with E-state index >= 15 is 4.39 Å². The van der Waals surface area contributed by atoms with Gasteiger partial charge in [-0.3, -0.25) is 0 Å². The molecular formula is C37H42F2N8O3. The quantitative estimate of drug-likeness (QED) is 0.166. The van der Waals surface area contributed by atoms with Crippen molar-refractivity contribution < 1.29 is 26.5 Å². The van der Waals surface area contributed by atoms with E-state index in [1.807, 2.05) is 18.7 Å². The van der Waals surface area contributed by atoms with E-state index in [0.29, 0.717) is 37.6 Å². The lowest BCUT2D eigenvalue weighted by Crippen LogP contribution is -2.46. The summed E-state index contributed by atoms with van der Waals surface area (Å²) in [6, 6.07) is 5.24. The number of hydrogen-bond acceptors (Lipinski definition) is 8. The molecule has 3 aromatic carbocycles. The number of nitrogens with zero attached hydrogens (tertiary/aromatic N) is 8. The Balaban J connectivity index is 1.04. The fraction of sp³-hybridized carbons (Fsp3) is 0.405. The normalized spacial score (nSPS) is 21.1. The van der Waals surface area contributed by atoms with Crippen molar-refractivity contribution in [2.45, 2.75) is 51.3 Å². The van der Waals surface area contributed by atoms with Crippen LogP contribution in [-0.4, -0.2) is 68.5 Å². The van der Waals surface area contributed by atoms with Gasteiger partial charge in [-0.15, -0.1) is 0 Å². The molecule has 0 spiro atoms. The van der Waals surface area contributed by atoms with Crippen LogP contribution in [0.5, 0.6) is 5.75 Å². The predicted octanol–water partition coefficient (Wildman–Crippen LogP) is 5.60. The van der Waals surface area contributed by atoms with Gasteiger partial charge in [0.1, 0.15) is 42.0 Å². The molecule has 5 aromatic rings. The molecule has 0 amide bonds. The van der Waals surface area contributed by atoms with Crippen LogP contribution in [-0.2, 0) is 16.9 Å². The molecule has 0 aliphatic carbocycles. The zero-order valence-electron chi connectivity index (χ0n) is 33.9. The predicted molar refractivity (Wildman–Crippen MR) is 186 cm³/mol. The number of rotatable bonds is 12. The largest absolute Gasteiger partial charge is 0.493 e. The molecule has 11 nitrogen and oxygen atoms in total. The van der Waals surface area contributed by atoms with Crippen LogP contribution in [0.3, 0.4) is 0 Å². The van der Waals surface area contributed by atoms with Gasteiger partial charge in [-0.05, 0) is 73.7 Å². The monoisotopic (exact) mass is 696 g/mol. The SMILES string of the molecule is [3H]c1cc(-n2cnn(C(CC)CC)c2=O)cc([3H])c1N1CCN(c2c([3H])c([3H])c(OC[C@@H]3CO[C@@](Cn4cncn4)(c4ccc(F)cc4F)C3)c([3H])c2[3H])CC1. The van der Waals surface area contributed by atoms with E-state index in [4.69, 9.17) is 17.7 Å². The Morgan fingerprint density at radius 2 is 1.64 bits per heavy atom. The highest BCUT2D eigenvalue weighted by Crippen LogP contribution is 2.42. The van der Waals surface area contributed by atoms with Crippen LogP contribution < -0.4 is 20.2 Å². The Kier molecular flexibility index (Phi) is 7.73. The first-order valence-corrected chi connectivity index (χ1v) is 16.8. The number of anilines is 2. The van der Waals surface area contributed by atoms with Gasteiger partial charge in [0.05, 0.1) is 39.7 Å². The van der Waals surface area contributed by atoms with E-state index in [0.717, 1.165) is 25.0 Å². The summed E-state index contributed by atoms with van der Waals surface area (Å²) in [5.41, 5.74) is -0.512. The zero-order valence-corrected chi connectivity index (χ0v) is 27.9. The average molecular weight is 697 g/mol. The van der Waals surface area contributed by atoms with Crippen LogP contribution >= 0.6 is 0 Å². The molecule has 2 aromatic heterocycles. The van der Waals surface area contributed by atoms with E-state index in [-0.39, 0.29) is 97.1 Å². The maximum Gasteiger partial charge on any atom is 0.350 e. The Morgan fingerprint density at radius 3 is 2.28 bits per heavy atom. The minimum atomic E-state index is -1.22. The summed E-state index contributed by atoms with van der Waals surface area (Å²) in [7, 11) is 0. The van der Waals surface area contributed by atoms with Crippen LogP contribution in [0.1, 0.15) is 52.9 Å². The maximum absolute atomic E-state index is 15.1. The number of benzene rings is 3. The average Bonchev–Trinajstić information content (AvgIpc) is 3.93. The van der Waals surface area contributed by atoms with Crippen LogP contribution in [0.15, 0.2) is 90.4 Å². The van der Waals surface area contributed by atoms with Crippen LogP contribution in [0, 0.1) is 17.6 Å². The minimum Gasteiger partial charge on any atom is -0.493 e. The molecule has 2 atom stereocenters. The number of aromatic nitrogens is 6. The first kappa shape index (κ1) is 26.8. The number of piperazine rings is 1. The Hall–Kier alpha value is -5.04. The van der Waals surface area contributed by atoms with Gasteiger partial charge in [-0.25, -0.2) is 32.5 Å². The maximum atomic E-state index is 15.1. The number of ether oxygens (including phenoxy) is 2. The zero-order chi connectivity index (χ0) is 39.9. The number of halogens is 2. The highest BCUT2D eigenvalue weighted by atomic mass is 19.1. The lowest BCUT2D eigenvalue weighted by molar-refractivity contribution is -0.0206. The van der Waals surface area contributed by atoms with Crippen molar-refractivity contribution in [2.75, 3.05) is 49.2 Å². The van der Waals surface area contributed by atoms with Gasteiger partial charge in [0.2, 0.25) is 0 Å². The van der Waals surface area contributed by atoms with Crippen LogP contribution in [0.4, 0.5) is 20.2 Å². The van der Waals surface area contributed by atoms with E-state index in [2.05, 4.69) is 15.2 Å². The molecule has 0 N–H and O–H groups in total. The molecule has 50 heavy (non-hydrogen) atoms. The summed E-state index contributed by atoms with van der Waals surface area (Å²) in [5, 5.41) is 8.40. The molecular weight excluding hydrogens is 642 g/mol. The summed E-state index contributed by atoms with van der Waals surface area (Å²) >= 11 is 0. The third-order valence-corrected chi connectivity index (χ3v) is 9.46. The van der Waals surface area contributed by atoms with E-state index in [1.54, 1.807) is 4.90 Å². The van der Waals surface area contributed by atoms with Gasteiger partial charge in [0.15, 0.2) is 0 Å². The summed E-state index contributed by atoms with van der Waals surface area (Å²) in [6.07, 6.45) is 5.95. The highest BCUT2D eigenvalue weighted by molar-refractivity contribution is 5.54. The Morgan fingerprint density at radius 1 is 0.940 bits per heavy atom. The van der Waals surface area contributed by atoms with Crippen molar-refractivity contribution in [3.8, 4) is 11.4 Å². The molecule has 262 valence electrons. The highest BCUT2D eigenvalue weighted by Gasteiger charge is 2.44. The molecule has 2 saturated heterocycles. The van der Waals surface area contributed by atoms with Crippen LogP contribution in [0.2, 0.25) is 0 Å². The fourth-order valence-corrected chi connectivity index (χ4v) is 6.73. The van der Waals surface area contributed by atoms with E-state index in [1.165, 1.54) is 51.1 Å². The second-order valence-electron chi connectivity index (χ2n) is 12.6. The van der Waals surface area contributed by atoms with Crippen molar-refractivity contribution in [1.82, 2.24) is 29.1 Å². The molecule has 13 heteroatoms. The summed E-state index contributed by atoms with van der Waals surface area (Å²) in [5.74, 6) is -2.05. The van der Waals surface area contributed by atoms with Gasteiger partial charge in [0.25, 0.3) is 0 Å². The number of hydrogen-bond donors (Lipinski definition) is 0. The van der Waals surface area contributed by atoms with Crippen molar-refractivity contribution in [2.24, 2.45) is 5.92 Å². The molecule has 2 fully saturated rings. The first-order chi connectivity index (χ1) is 26.8. The third-order valence-electron chi connectivity index (χ3n) is 9.46. The van der Waals surface area contributed by atoms with Crippen molar-refractivity contribution in [3.05, 3.63) is 113 Å². The Bertz CT molecular complexity index is 2230. The van der Waals surface area contributed by atoms with E-state index in [9.17, 15) is 9.18 Å². The van der Waals surface area contributed by atoms with Gasteiger partial charge in [-0.2, -0.15) is 10.2 Å². The van der Waals surface area contributed by atoms with Crippen LogP contribution in [0.25, 0.3) is 5.69 Å². The second-order valence-corrected chi connectivity index (χ2v) is 12.6. The third kappa shape index (κ3) is 6.87. The molecule has 0 saturated carbocycles. The standard InChI is InChI=1S/C37H42F2N8O3/c1-3-29(4-2)47-36(48)46(26-42-47)32-8-6-30(7-9-32)43-15-17-44(18-16-43)31-10-12-33(13-11-31)49-21-27-20-37(50-22-27,23-45-25-40-24-41-45)34-14-5-28(38)19-35(34)39/h5-14,19,24-27,29H,3-4,15-18,20-23H2,1-2H3/t27-,37+/m1/s1/i6T,7T,10T,11T,12T,13T. The summed E-state index contributed by atoms with van der Waals surface area (Å²) < 4.78 is 98.1. The van der Waals surface area contributed by atoms with Crippen molar-refractivity contribution >= 4 is 11.4 Å². The first-order valence-electron chi connectivity index (χ1n) is 19.8. The molecule has 0 radical (unpaired) electrons. The minimum absolute atomic E-state index is 0.0464. The van der Waals surface area contributed by atoms with Gasteiger partial charge >= 0.3 is 5.69 Å². The molecule has 0 bridgehead atoms. The fourth-order valence-electron chi connectivity index (χ4n) is 6.73. The second kappa shape index (κ2) is 14.4. The molecule has 4 heterocycles. The van der Waals surface area contributed by atoms with Crippen molar-refractivity contribution in [1.29, 1.82) is 0 Å². The van der Waals surface area contributed by atoms with E-state index < -0.39 is 17.2 Å². The topological polar surface area (TPSA) is 95.5 Å². The van der Waals surface area contributed by atoms with Crippen molar-refractivity contribution in [3.63, 3.8) is 0 Å².